The number of nitrogens with one attached hydrogen (secondary N) is 1. The van der Waals surface area contributed by atoms with Crippen LogP contribution < -0.4 is 4.90 Å². The van der Waals surface area contributed by atoms with Crippen molar-refractivity contribution < 1.29 is 23.6 Å². The minimum absolute atomic E-state index is 0.110. The first kappa shape index (κ1) is 12.1. The zero-order chi connectivity index (χ0) is 12.1. The van der Waals surface area contributed by atoms with E-state index in [1.54, 1.807) is 12.1 Å². The van der Waals surface area contributed by atoms with Gasteiger partial charge in [-0.2, -0.15) is 0 Å². The number of hydrogen-bond donors (Lipinski definition) is 1. The molecule has 0 amide bonds. The molecule has 0 spiro atoms. The maximum absolute atomic E-state index is 11.6. The molecule has 1 aliphatic heterocycles. The molecule has 0 aliphatic carbocycles. The first-order valence-electron chi connectivity index (χ1n) is 5.91. The molecule has 1 fully saturated rings. The lowest BCUT2D eigenvalue weighted by Gasteiger charge is -2.25. The van der Waals surface area contributed by atoms with Gasteiger partial charge in [0.2, 0.25) is 5.76 Å². The minimum Gasteiger partial charge on any atom is -0.457 e. The highest BCUT2D eigenvalue weighted by molar-refractivity contribution is 5.86. The molecule has 1 aromatic rings. The first-order chi connectivity index (χ1) is 8.25. The molecule has 0 bridgehead atoms. The molecule has 1 atom stereocenters. The summed E-state index contributed by atoms with van der Waals surface area (Å²) in [7, 11) is 0. The Balaban J connectivity index is 1.76. The Bertz CT molecular complexity index is 343. The summed E-state index contributed by atoms with van der Waals surface area (Å²) in [4.78, 5) is 13.0. The average Bonchev–Trinajstić information content (AvgIpc) is 2.83. The fraction of sp³-hybridized carbons (Fsp3) is 0.583. The van der Waals surface area contributed by atoms with Gasteiger partial charge in [-0.15, -0.1) is 0 Å². The number of carbonyl (C=O) groups is 1. The van der Waals surface area contributed by atoms with E-state index in [2.05, 4.69) is 0 Å². The second kappa shape index (κ2) is 5.84. The van der Waals surface area contributed by atoms with E-state index in [0.717, 1.165) is 32.8 Å². The fourth-order valence-corrected chi connectivity index (χ4v) is 1.95. The lowest BCUT2D eigenvalue weighted by Crippen LogP contribution is -3.15. The molecular formula is C12H18NO4+. The predicted molar refractivity (Wildman–Crippen MR) is 60.0 cm³/mol. The van der Waals surface area contributed by atoms with Crippen molar-refractivity contribution in [2.24, 2.45) is 0 Å². The van der Waals surface area contributed by atoms with Crippen molar-refractivity contribution in [3.05, 3.63) is 24.2 Å². The van der Waals surface area contributed by atoms with Crippen LogP contribution >= 0.6 is 0 Å². The van der Waals surface area contributed by atoms with Crippen LogP contribution in [0.4, 0.5) is 0 Å². The molecule has 0 aromatic carbocycles. The van der Waals surface area contributed by atoms with Gasteiger partial charge in [-0.05, 0) is 19.1 Å². The molecule has 1 aliphatic rings. The second-order valence-electron chi connectivity index (χ2n) is 4.26. The van der Waals surface area contributed by atoms with Crippen molar-refractivity contribution in [3.8, 4) is 0 Å². The van der Waals surface area contributed by atoms with E-state index in [4.69, 9.17) is 13.9 Å². The maximum atomic E-state index is 11.6. The monoisotopic (exact) mass is 240 g/mol. The smallest absolute Gasteiger partial charge is 0.374 e. The Labute approximate surface area is 100 Å². The summed E-state index contributed by atoms with van der Waals surface area (Å²) in [6.45, 7) is 6.24. The van der Waals surface area contributed by atoms with E-state index in [9.17, 15) is 4.79 Å². The molecular weight excluding hydrogens is 222 g/mol. The van der Waals surface area contributed by atoms with Crippen molar-refractivity contribution in [3.63, 3.8) is 0 Å². The van der Waals surface area contributed by atoms with Crippen LogP contribution in [0.2, 0.25) is 0 Å². The molecule has 1 aromatic heterocycles. The molecule has 5 heteroatoms. The van der Waals surface area contributed by atoms with Gasteiger partial charge in [0.05, 0.1) is 19.5 Å². The first-order valence-corrected chi connectivity index (χ1v) is 5.91. The van der Waals surface area contributed by atoms with Crippen LogP contribution in [0.15, 0.2) is 22.8 Å². The highest BCUT2D eigenvalue weighted by atomic mass is 16.6. The molecule has 0 radical (unpaired) electrons. The summed E-state index contributed by atoms with van der Waals surface area (Å²) in [5.41, 5.74) is 0. The molecule has 17 heavy (non-hydrogen) atoms. The third kappa shape index (κ3) is 3.57. The predicted octanol–water partition coefficient (Wildman–Crippen LogP) is -0.260. The number of quaternary nitrogens is 1. The van der Waals surface area contributed by atoms with E-state index in [0.29, 0.717) is 0 Å². The van der Waals surface area contributed by atoms with Gasteiger partial charge >= 0.3 is 5.97 Å². The zero-order valence-electron chi connectivity index (χ0n) is 9.98. The Morgan fingerprint density at radius 3 is 2.94 bits per heavy atom. The van der Waals surface area contributed by atoms with E-state index in [-0.39, 0.29) is 11.9 Å². The Morgan fingerprint density at radius 2 is 2.29 bits per heavy atom. The number of ether oxygens (including phenoxy) is 2. The molecule has 5 nitrogen and oxygen atoms in total. The highest BCUT2D eigenvalue weighted by Gasteiger charge is 2.21. The van der Waals surface area contributed by atoms with E-state index < -0.39 is 5.97 Å². The summed E-state index contributed by atoms with van der Waals surface area (Å²) in [5.74, 6) is -0.135. The number of carbonyl (C=O) groups excluding carboxylic acids is 1. The maximum Gasteiger partial charge on any atom is 0.374 e. The van der Waals surface area contributed by atoms with Gasteiger partial charge in [-0.3, -0.25) is 0 Å². The minimum atomic E-state index is -0.393. The summed E-state index contributed by atoms with van der Waals surface area (Å²) < 4.78 is 15.6. The SMILES string of the molecule is C[C@@H](C[NH+]1CCOCC1)OC(=O)c1ccco1. The van der Waals surface area contributed by atoms with Crippen LogP contribution in [-0.4, -0.2) is 44.9 Å². The number of rotatable bonds is 4. The summed E-state index contributed by atoms with van der Waals surface area (Å²) in [6.07, 6.45) is 1.36. The van der Waals surface area contributed by atoms with E-state index >= 15 is 0 Å². The lowest BCUT2D eigenvalue weighted by atomic mass is 10.3. The fourth-order valence-electron chi connectivity index (χ4n) is 1.95. The van der Waals surface area contributed by atoms with Gasteiger partial charge in [-0.1, -0.05) is 0 Å². The highest BCUT2D eigenvalue weighted by Crippen LogP contribution is 2.03. The van der Waals surface area contributed by atoms with E-state index in [1.807, 2.05) is 6.92 Å². The Morgan fingerprint density at radius 1 is 1.53 bits per heavy atom. The Hall–Kier alpha value is -1.33. The molecule has 1 N–H and O–H groups in total. The molecule has 2 heterocycles. The second-order valence-corrected chi connectivity index (χ2v) is 4.26. The van der Waals surface area contributed by atoms with Crippen molar-refractivity contribution in [2.45, 2.75) is 13.0 Å². The Kier molecular flexibility index (Phi) is 4.17. The summed E-state index contributed by atoms with van der Waals surface area (Å²) in [6, 6.07) is 3.28. The zero-order valence-corrected chi connectivity index (χ0v) is 9.98. The van der Waals surface area contributed by atoms with Crippen LogP contribution in [0.5, 0.6) is 0 Å². The lowest BCUT2D eigenvalue weighted by molar-refractivity contribution is -0.910. The van der Waals surface area contributed by atoms with E-state index in [1.165, 1.54) is 11.2 Å². The molecule has 0 unspecified atom stereocenters. The third-order valence-electron chi connectivity index (χ3n) is 2.81. The van der Waals surface area contributed by atoms with Crippen molar-refractivity contribution >= 4 is 5.97 Å². The number of morpholine rings is 1. The van der Waals surface area contributed by atoms with Crippen LogP contribution in [0, 0.1) is 0 Å². The van der Waals surface area contributed by atoms with Crippen molar-refractivity contribution in [1.29, 1.82) is 0 Å². The molecule has 94 valence electrons. The van der Waals surface area contributed by atoms with Gasteiger partial charge < -0.3 is 18.8 Å². The standard InChI is InChI=1S/C12H17NO4/c1-10(9-13-4-7-15-8-5-13)17-12(14)11-3-2-6-16-11/h2-3,6,10H,4-5,7-9H2,1H3/p+1/t10-/m0/s1. The van der Waals surface area contributed by atoms with Crippen LogP contribution in [0.25, 0.3) is 0 Å². The van der Waals surface area contributed by atoms with Crippen LogP contribution in [0.3, 0.4) is 0 Å². The van der Waals surface area contributed by atoms with Crippen molar-refractivity contribution in [2.75, 3.05) is 32.8 Å². The van der Waals surface area contributed by atoms with Gasteiger partial charge in [0.15, 0.2) is 0 Å². The van der Waals surface area contributed by atoms with Gasteiger partial charge in [0, 0.05) is 0 Å². The number of furan rings is 1. The van der Waals surface area contributed by atoms with Gasteiger partial charge in [0.25, 0.3) is 0 Å². The quantitative estimate of drug-likeness (QED) is 0.737. The average molecular weight is 240 g/mol. The van der Waals surface area contributed by atoms with Crippen LogP contribution in [-0.2, 0) is 9.47 Å². The topological polar surface area (TPSA) is 53.1 Å². The molecule has 0 saturated carbocycles. The summed E-state index contributed by atoms with van der Waals surface area (Å²) in [5, 5.41) is 0. The molecule has 2 rings (SSSR count). The van der Waals surface area contributed by atoms with Crippen molar-refractivity contribution in [1.82, 2.24) is 0 Å². The third-order valence-corrected chi connectivity index (χ3v) is 2.81. The van der Waals surface area contributed by atoms with Gasteiger partial charge in [-0.25, -0.2) is 4.79 Å². The molecule has 1 saturated heterocycles. The van der Waals surface area contributed by atoms with Crippen LogP contribution in [0.1, 0.15) is 17.5 Å². The largest absolute Gasteiger partial charge is 0.457 e. The normalized spacial score (nSPS) is 18.9. The number of hydrogen-bond acceptors (Lipinski definition) is 4. The summed E-state index contributed by atoms with van der Waals surface area (Å²) >= 11 is 0. The number of esters is 1. The van der Waals surface area contributed by atoms with Gasteiger partial charge in [0.1, 0.15) is 25.7 Å².